The Morgan fingerprint density at radius 2 is 1.77 bits per heavy atom. The highest BCUT2D eigenvalue weighted by Crippen LogP contribution is 2.40. The summed E-state index contributed by atoms with van der Waals surface area (Å²) in [6.07, 6.45) is 2.65. The van der Waals surface area contributed by atoms with Gasteiger partial charge in [0, 0.05) is 29.8 Å². The van der Waals surface area contributed by atoms with E-state index in [9.17, 15) is 4.79 Å². The van der Waals surface area contributed by atoms with Crippen LogP contribution in [-0.4, -0.2) is 27.7 Å². The van der Waals surface area contributed by atoms with Crippen LogP contribution in [-0.2, 0) is 5.54 Å². The van der Waals surface area contributed by atoms with Gasteiger partial charge in [0.25, 0.3) is 0 Å². The van der Waals surface area contributed by atoms with Crippen molar-refractivity contribution < 1.29 is 9.53 Å². The zero-order valence-electron chi connectivity index (χ0n) is 17.2. The summed E-state index contributed by atoms with van der Waals surface area (Å²) in [5.74, 6) is 0.193. The summed E-state index contributed by atoms with van der Waals surface area (Å²) in [5, 5.41) is 6.95. The maximum atomic E-state index is 11.6. The first-order valence-electron chi connectivity index (χ1n) is 10.3. The predicted molar refractivity (Wildman–Crippen MR) is 119 cm³/mol. The number of nitrogens with zero attached hydrogens (tertiary/aromatic N) is 3. The van der Waals surface area contributed by atoms with Crippen LogP contribution >= 0.6 is 0 Å². The molecule has 0 atom stereocenters. The topological polar surface area (TPSA) is 94.5 Å². The molecular formula is C24H23N5O2. The van der Waals surface area contributed by atoms with Crippen LogP contribution in [0.1, 0.15) is 24.8 Å². The fourth-order valence-corrected chi connectivity index (χ4v) is 3.98. The van der Waals surface area contributed by atoms with Gasteiger partial charge in [-0.3, -0.25) is 0 Å². The van der Waals surface area contributed by atoms with Gasteiger partial charge in [0.15, 0.2) is 5.65 Å². The Balaban J connectivity index is 1.64. The molecule has 1 aliphatic rings. The molecular weight excluding hydrogens is 390 g/mol. The second-order valence-corrected chi connectivity index (χ2v) is 7.84. The number of rotatable bonds is 4. The molecule has 0 radical (unpaired) electrons. The molecule has 0 spiro atoms. The summed E-state index contributed by atoms with van der Waals surface area (Å²) in [4.78, 5) is 16.5. The molecule has 156 valence electrons. The molecule has 1 saturated carbocycles. The molecule has 2 aromatic heterocycles. The van der Waals surface area contributed by atoms with E-state index in [0.717, 1.165) is 40.9 Å². The highest BCUT2D eigenvalue weighted by Gasteiger charge is 2.34. The lowest BCUT2D eigenvalue weighted by Gasteiger charge is -2.38. The molecule has 4 aromatic rings. The largest absolute Gasteiger partial charge is 0.413 e. The summed E-state index contributed by atoms with van der Waals surface area (Å²) < 4.78 is 6.94. The Labute approximate surface area is 179 Å². The van der Waals surface area contributed by atoms with Gasteiger partial charge in [-0.15, -0.1) is 5.10 Å². The minimum Gasteiger partial charge on any atom is -0.390 e. The fourth-order valence-electron chi connectivity index (χ4n) is 3.98. The molecule has 0 bridgehead atoms. The Morgan fingerprint density at radius 3 is 2.42 bits per heavy atom. The van der Waals surface area contributed by atoms with Gasteiger partial charge < -0.3 is 15.8 Å². The minimum atomic E-state index is -0.573. The van der Waals surface area contributed by atoms with Gasteiger partial charge in [-0.05, 0) is 30.9 Å². The van der Waals surface area contributed by atoms with E-state index in [2.05, 4.69) is 34.7 Å². The standard InChI is InChI=1S/C24H23N5O2/c1-26-23(30)31-20-13-12-19-27-21(22(29(19)28-20)17-6-3-2-4-7-17)16-8-10-18(11-9-16)24(25)14-5-15-24/h2-4,6-13H,5,14-15,25H2,1H3,(H,26,30). The normalized spacial score (nSPS) is 14.8. The molecule has 7 heteroatoms. The molecule has 5 rings (SSSR count). The maximum absolute atomic E-state index is 11.6. The monoisotopic (exact) mass is 413 g/mol. The molecule has 2 aromatic carbocycles. The zero-order valence-corrected chi connectivity index (χ0v) is 17.2. The Kier molecular flexibility index (Phi) is 4.67. The molecule has 2 heterocycles. The van der Waals surface area contributed by atoms with Crippen molar-refractivity contribution in [3.8, 4) is 28.4 Å². The number of nitrogens with two attached hydrogens (primary N) is 1. The predicted octanol–water partition coefficient (Wildman–Crippen LogP) is 4.12. The van der Waals surface area contributed by atoms with E-state index < -0.39 is 6.09 Å². The van der Waals surface area contributed by atoms with Crippen molar-refractivity contribution in [2.45, 2.75) is 24.8 Å². The van der Waals surface area contributed by atoms with Crippen LogP contribution in [0.2, 0.25) is 0 Å². The zero-order chi connectivity index (χ0) is 21.4. The average Bonchev–Trinajstić information content (AvgIpc) is 3.17. The molecule has 0 aliphatic heterocycles. The van der Waals surface area contributed by atoms with Crippen LogP contribution in [0.15, 0.2) is 66.7 Å². The second-order valence-electron chi connectivity index (χ2n) is 7.84. The van der Waals surface area contributed by atoms with Crippen LogP contribution in [0.5, 0.6) is 5.88 Å². The number of carbonyl (C=O) groups is 1. The summed E-state index contributed by atoms with van der Waals surface area (Å²) >= 11 is 0. The van der Waals surface area contributed by atoms with Crippen LogP contribution in [0.25, 0.3) is 28.2 Å². The number of imidazole rings is 1. The summed E-state index contributed by atoms with van der Waals surface area (Å²) in [6.45, 7) is 0. The number of amides is 1. The number of nitrogens with one attached hydrogen (secondary N) is 1. The van der Waals surface area contributed by atoms with Gasteiger partial charge in [-0.1, -0.05) is 54.6 Å². The van der Waals surface area contributed by atoms with E-state index in [1.54, 1.807) is 16.6 Å². The highest BCUT2D eigenvalue weighted by atomic mass is 16.6. The summed E-state index contributed by atoms with van der Waals surface area (Å²) in [7, 11) is 1.50. The molecule has 0 saturated heterocycles. The van der Waals surface area contributed by atoms with E-state index in [1.807, 2.05) is 30.3 Å². The van der Waals surface area contributed by atoms with E-state index in [0.29, 0.717) is 5.65 Å². The maximum Gasteiger partial charge on any atom is 0.413 e. The lowest BCUT2D eigenvalue weighted by molar-refractivity contribution is 0.200. The third kappa shape index (κ3) is 3.43. The van der Waals surface area contributed by atoms with E-state index >= 15 is 0 Å². The molecule has 7 nitrogen and oxygen atoms in total. The second kappa shape index (κ2) is 7.52. The van der Waals surface area contributed by atoms with Crippen LogP contribution in [0.4, 0.5) is 4.79 Å². The Morgan fingerprint density at radius 1 is 1.03 bits per heavy atom. The number of fused-ring (bicyclic) bond motifs is 1. The molecule has 1 fully saturated rings. The fraction of sp³-hybridized carbons (Fsp3) is 0.208. The van der Waals surface area contributed by atoms with E-state index in [4.69, 9.17) is 15.5 Å². The van der Waals surface area contributed by atoms with Crippen LogP contribution in [0.3, 0.4) is 0 Å². The minimum absolute atomic E-state index is 0.193. The lowest BCUT2D eigenvalue weighted by Crippen LogP contribution is -2.43. The average molecular weight is 413 g/mol. The smallest absolute Gasteiger partial charge is 0.390 e. The van der Waals surface area contributed by atoms with Crippen molar-refractivity contribution in [2.24, 2.45) is 5.73 Å². The van der Waals surface area contributed by atoms with E-state index in [1.165, 1.54) is 13.5 Å². The van der Waals surface area contributed by atoms with Crippen molar-refractivity contribution in [1.29, 1.82) is 0 Å². The van der Waals surface area contributed by atoms with Gasteiger partial charge in [0.2, 0.25) is 5.88 Å². The Bertz CT molecular complexity index is 1240. The van der Waals surface area contributed by atoms with Gasteiger partial charge in [-0.25, -0.2) is 14.3 Å². The third-order valence-corrected chi connectivity index (χ3v) is 5.88. The number of carbonyl (C=O) groups excluding carboxylic acids is 1. The molecule has 1 amide bonds. The summed E-state index contributed by atoms with van der Waals surface area (Å²) in [5.41, 5.74) is 11.7. The molecule has 3 N–H and O–H groups in total. The van der Waals surface area contributed by atoms with Gasteiger partial charge >= 0.3 is 6.09 Å². The highest BCUT2D eigenvalue weighted by molar-refractivity contribution is 5.82. The van der Waals surface area contributed by atoms with Gasteiger partial charge in [0.05, 0.1) is 5.69 Å². The van der Waals surface area contributed by atoms with Crippen molar-refractivity contribution in [2.75, 3.05) is 7.05 Å². The Hall–Kier alpha value is -3.71. The third-order valence-electron chi connectivity index (χ3n) is 5.88. The van der Waals surface area contributed by atoms with Gasteiger partial charge in [0.1, 0.15) is 5.69 Å². The first-order chi connectivity index (χ1) is 15.1. The molecule has 0 unspecified atom stereocenters. The van der Waals surface area contributed by atoms with E-state index in [-0.39, 0.29) is 11.4 Å². The number of aromatic nitrogens is 3. The number of benzene rings is 2. The van der Waals surface area contributed by atoms with Crippen LogP contribution < -0.4 is 15.8 Å². The SMILES string of the molecule is CNC(=O)Oc1ccc2nc(-c3ccc(C4(N)CCC4)cc3)c(-c3ccccc3)n2n1. The lowest BCUT2D eigenvalue weighted by atomic mass is 9.72. The van der Waals surface area contributed by atoms with Gasteiger partial charge in [-0.2, -0.15) is 0 Å². The van der Waals surface area contributed by atoms with Crippen molar-refractivity contribution in [3.05, 3.63) is 72.3 Å². The van der Waals surface area contributed by atoms with Crippen LogP contribution in [0, 0.1) is 0 Å². The first kappa shape index (κ1) is 19.3. The molecule has 31 heavy (non-hydrogen) atoms. The quantitative estimate of drug-likeness (QED) is 0.525. The number of hydrogen-bond acceptors (Lipinski definition) is 5. The first-order valence-corrected chi connectivity index (χ1v) is 10.3. The number of hydrogen-bond donors (Lipinski definition) is 2. The molecule has 1 aliphatic carbocycles. The summed E-state index contributed by atoms with van der Waals surface area (Å²) in [6, 6.07) is 21.7. The van der Waals surface area contributed by atoms with Crippen molar-refractivity contribution in [1.82, 2.24) is 19.9 Å². The van der Waals surface area contributed by atoms with Crippen molar-refractivity contribution in [3.63, 3.8) is 0 Å². The number of ether oxygens (including phenoxy) is 1. The van der Waals surface area contributed by atoms with Crippen molar-refractivity contribution >= 4 is 11.7 Å².